The van der Waals surface area contributed by atoms with Gasteiger partial charge in [0.1, 0.15) is 0 Å². The Balaban J connectivity index is 3.93. The molecule has 0 bridgehead atoms. The predicted octanol–water partition coefficient (Wildman–Crippen LogP) is 1.84. The van der Waals surface area contributed by atoms with Crippen LogP contribution in [-0.4, -0.2) is 18.6 Å². The van der Waals surface area contributed by atoms with Crippen molar-refractivity contribution in [2.45, 2.75) is 40.2 Å². The second kappa shape index (κ2) is 6.52. The Hall–Kier alpha value is -0.990. The number of rotatable bonds is 5. The molecule has 0 aliphatic heterocycles. The maximum atomic E-state index is 11.0. The van der Waals surface area contributed by atoms with Crippen molar-refractivity contribution in [3.63, 3.8) is 0 Å². The molecule has 0 rings (SSSR count). The highest BCUT2D eigenvalue weighted by atomic mass is 16.5. The Kier molecular flexibility index (Phi) is 6.02. The van der Waals surface area contributed by atoms with Crippen molar-refractivity contribution >= 4 is 5.97 Å². The number of hydrogen-bond donors (Lipinski definition) is 1. The van der Waals surface area contributed by atoms with Crippen LogP contribution in [0.5, 0.6) is 0 Å². The van der Waals surface area contributed by atoms with Crippen LogP contribution in [0.15, 0.2) is 11.8 Å². The van der Waals surface area contributed by atoms with E-state index < -0.39 is 0 Å². The van der Waals surface area contributed by atoms with Crippen LogP contribution in [0.4, 0.5) is 0 Å². The Bertz CT molecular complexity index is 187. The molecule has 1 unspecified atom stereocenters. The molecule has 3 nitrogen and oxygen atoms in total. The van der Waals surface area contributed by atoms with Crippen LogP contribution in [0.3, 0.4) is 0 Å². The highest BCUT2D eigenvalue weighted by Crippen LogP contribution is 1.95. The van der Waals surface area contributed by atoms with E-state index in [1.807, 2.05) is 6.92 Å². The zero-order valence-electron chi connectivity index (χ0n) is 8.89. The van der Waals surface area contributed by atoms with Gasteiger partial charge in [-0.3, -0.25) is 0 Å². The minimum Gasteiger partial charge on any atom is -0.463 e. The molecule has 0 aromatic carbocycles. The van der Waals surface area contributed by atoms with Crippen molar-refractivity contribution in [1.82, 2.24) is 5.32 Å². The molecule has 1 N–H and O–H groups in total. The summed E-state index contributed by atoms with van der Waals surface area (Å²) in [5.41, 5.74) is 0.854. The van der Waals surface area contributed by atoms with E-state index in [2.05, 4.69) is 19.2 Å². The standard InChI is InChI=1S/C10H19NO2/c1-5-8(3)11-9(4)7-10(12)13-6-2/h7-8,11H,5-6H2,1-4H3. The van der Waals surface area contributed by atoms with Crippen LogP contribution in [0.25, 0.3) is 0 Å². The third-order valence-electron chi connectivity index (χ3n) is 1.71. The van der Waals surface area contributed by atoms with Gasteiger partial charge in [0.05, 0.1) is 6.61 Å². The molecule has 0 aliphatic carbocycles. The molecular formula is C10H19NO2. The minimum atomic E-state index is -0.282. The van der Waals surface area contributed by atoms with Gasteiger partial charge in [0.25, 0.3) is 0 Å². The van der Waals surface area contributed by atoms with Crippen LogP contribution in [-0.2, 0) is 9.53 Å². The van der Waals surface area contributed by atoms with Crippen molar-refractivity contribution in [1.29, 1.82) is 0 Å². The molecule has 0 heterocycles. The van der Waals surface area contributed by atoms with E-state index in [0.717, 1.165) is 12.1 Å². The van der Waals surface area contributed by atoms with Gasteiger partial charge in [-0.05, 0) is 27.2 Å². The molecular weight excluding hydrogens is 166 g/mol. The van der Waals surface area contributed by atoms with Crippen LogP contribution >= 0.6 is 0 Å². The van der Waals surface area contributed by atoms with Crippen molar-refractivity contribution < 1.29 is 9.53 Å². The fourth-order valence-corrected chi connectivity index (χ4v) is 0.893. The lowest BCUT2D eigenvalue weighted by atomic mass is 10.2. The molecule has 0 fully saturated rings. The number of allylic oxidation sites excluding steroid dienone is 1. The molecule has 76 valence electrons. The number of ether oxygens (including phenoxy) is 1. The summed E-state index contributed by atoms with van der Waals surface area (Å²) in [5.74, 6) is -0.282. The number of carbonyl (C=O) groups is 1. The molecule has 0 aromatic heterocycles. The lowest BCUT2D eigenvalue weighted by Crippen LogP contribution is -2.23. The van der Waals surface area contributed by atoms with Crippen LogP contribution in [0.1, 0.15) is 34.1 Å². The van der Waals surface area contributed by atoms with E-state index in [0.29, 0.717) is 12.6 Å². The van der Waals surface area contributed by atoms with E-state index in [4.69, 9.17) is 4.74 Å². The third-order valence-corrected chi connectivity index (χ3v) is 1.71. The molecule has 0 radical (unpaired) electrons. The van der Waals surface area contributed by atoms with Crippen molar-refractivity contribution in [3.8, 4) is 0 Å². The van der Waals surface area contributed by atoms with Crippen molar-refractivity contribution in [2.75, 3.05) is 6.61 Å². The second-order valence-electron chi connectivity index (χ2n) is 3.03. The Labute approximate surface area is 80.2 Å². The Morgan fingerprint density at radius 3 is 2.62 bits per heavy atom. The third kappa shape index (κ3) is 6.20. The molecule has 0 aromatic rings. The summed E-state index contributed by atoms with van der Waals surface area (Å²) in [6.07, 6.45) is 2.52. The normalized spacial score (nSPS) is 13.7. The van der Waals surface area contributed by atoms with Gasteiger partial charge in [-0.15, -0.1) is 0 Å². The molecule has 1 atom stereocenters. The lowest BCUT2D eigenvalue weighted by Gasteiger charge is -2.12. The predicted molar refractivity (Wildman–Crippen MR) is 53.3 cm³/mol. The molecule has 13 heavy (non-hydrogen) atoms. The second-order valence-corrected chi connectivity index (χ2v) is 3.03. The van der Waals surface area contributed by atoms with Gasteiger partial charge >= 0.3 is 5.97 Å². The average Bonchev–Trinajstić information content (AvgIpc) is 2.04. The van der Waals surface area contributed by atoms with Gasteiger partial charge in [0.2, 0.25) is 0 Å². The maximum Gasteiger partial charge on any atom is 0.332 e. The number of carbonyl (C=O) groups excluding carboxylic acids is 1. The van der Waals surface area contributed by atoms with E-state index in [1.54, 1.807) is 6.92 Å². The maximum absolute atomic E-state index is 11.0. The average molecular weight is 185 g/mol. The first-order valence-electron chi connectivity index (χ1n) is 4.71. The largest absolute Gasteiger partial charge is 0.463 e. The van der Waals surface area contributed by atoms with Crippen molar-refractivity contribution in [3.05, 3.63) is 11.8 Å². The fraction of sp³-hybridized carbons (Fsp3) is 0.700. The van der Waals surface area contributed by atoms with E-state index in [1.165, 1.54) is 6.08 Å². The summed E-state index contributed by atoms with van der Waals surface area (Å²) in [6.45, 7) is 8.25. The Morgan fingerprint density at radius 2 is 2.15 bits per heavy atom. The first-order valence-corrected chi connectivity index (χ1v) is 4.71. The van der Waals surface area contributed by atoms with Crippen molar-refractivity contribution in [2.24, 2.45) is 0 Å². The summed E-state index contributed by atoms with van der Waals surface area (Å²) in [5, 5.41) is 3.18. The minimum absolute atomic E-state index is 0.282. The summed E-state index contributed by atoms with van der Waals surface area (Å²) in [4.78, 5) is 11.0. The van der Waals surface area contributed by atoms with Gasteiger partial charge in [0.15, 0.2) is 0 Å². The first-order chi connectivity index (χ1) is 6.10. The van der Waals surface area contributed by atoms with Crippen LogP contribution < -0.4 is 5.32 Å². The fourth-order valence-electron chi connectivity index (χ4n) is 0.893. The number of esters is 1. The smallest absolute Gasteiger partial charge is 0.332 e. The van der Waals surface area contributed by atoms with E-state index in [-0.39, 0.29) is 5.97 Å². The quantitative estimate of drug-likeness (QED) is 0.524. The molecule has 0 aliphatic rings. The summed E-state index contributed by atoms with van der Waals surface area (Å²) in [6, 6.07) is 0.394. The SMILES string of the molecule is CCOC(=O)C=C(C)NC(C)CC. The first kappa shape index (κ1) is 12.0. The molecule has 0 spiro atoms. The molecule has 0 saturated heterocycles. The Morgan fingerprint density at radius 1 is 1.54 bits per heavy atom. The zero-order chi connectivity index (χ0) is 10.3. The zero-order valence-corrected chi connectivity index (χ0v) is 8.89. The number of nitrogens with one attached hydrogen (secondary N) is 1. The van der Waals surface area contributed by atoms with Gasteiger partial charge in [-0.2, -0.15) is 0 Å². The summed E-state index contributed by atoms with van der Waals surface area (Å²) >= 11 is 0. The molecule has 0 saturated carbocycles. The highest BCUT2D eigenvalue weighted by molar-refractivity contribution is 5.82. The summed E-state index contributed by atoms with van der Waals surface area (Å²) in [7, 11) is 0. The molecule has 3 heteroatoms. The van der Waals surface area contributed by atoms with E-state index >= 15 is 0 Å². The molecule has 0 amide bonds. The summed E-state index contributed by atoms with van der Waals surface area (Å²) < 4.78 is 4.77. The van der Waals surface area contributed by atoms with Crippen LogP contribution in [0, 0.1) is 0 Å². The van der Waals surface area contributed by atoms with Gasteiger partial charge in [0, 0.05) is 17.8 Å². The topological polar surface area (TPSA) is 38.3 Å². The van der Waals surface area contributed by atoms with Gasteiger partial charge in [-0.25, -0.2) is 4.79 Å². The van der Waals surface area contributed by atoms with Gasteiger partial charge < -0.3 is 10.1 Å². The van der Waals surface area contributed by atoms with E-state index in [9.17, 15) is 4.79 Å². The monoisotopic (exact) mass is 185 g/mol. The van der Waals surface area contributed by atoms with Gasteiger partial charge in [-0.1, -0.05) is 6.92 Å². The highest BCUT2D eigenvalue weighted by Gasteiger charge is 2.00. The lowest BCUT2D eigenvalue weighted by molar-refractivity contribution is -0.137. The van der Waals surface area contributed by atoms with Crippen LogP contribution in [0.2, 0.25) is 0 Å². The number of hydrogen-bond acceptors (Lipinski definition) is 3.